The minimum atomic E-state index is 0.858. The van der Waals surface area contributed by atoms with E-state index in [0.717, 1.165) is 55.6 Å². The van der Waals surface area contributed by atoms with Gasteiger partial charge in [0.05, 0.1) is 22.1 Å². The molecule has 65 heavy (non-hydrogen) atoms. The number of benzene rings is 12. The number of fused-ring (bicyclic) bond motifs is 13. The van der Waals surface area contributed by atoms with E-state index >= 15 is 0 Å². The Balaban J connectivity index is 1.03. The van der Waals surface area contributed by atoms with Crippen LogP contribution in [0.5, 0.6) is 0 Å². The Morgan fingerprint density at radius 3 is 1.77 bits per heavy atom. The van der Waals surface area contributed by atoms with Crippen LogP contribution < -0.4 is 4.90 Å². The highest BCUT2D eigenvalue weighted by Crippen LogP contribution is 2.47. The average molecular weight is 827 g/mol. The topological polar surface area (TPSA) is 21.3 Å². The van der Waals surface area contributed by atoms with Gasteiger partial charge in [0.2, 0.25) is 0 Å². The van der Waals surface area contributed by atoms with Crippen molar-refractivity contribution in [2.75, 3.05) is 4.90 Å². The van der Waals surface area contributed by atoms with Crippen molar-refractivity contribution in [3.63, 3.8) is 0 Å². The lowest BCUT2D eigenvalue weighted by Gasteiger charge is -2.27. The van der Waals surface area contributed by atoms with Crippen LogP contribution in [0.4, 0.5) is 17.1 Å². The third-order valence-corrected chi connectivity index (χ3v) is 13.7. The molecule has 0 aliphatic rings. The zero-order valence-corrected chi connectivity index (χ0v) is 35.2. The predicted octanol–water partition coefficient (Wildman–Crippen LogP) is 17.6. The Kier molecular flexibility index (Phi) is 7.69. The van der Waals surface area contributed by atoms with Crippen LogP contribution in [0, 0.1) is 0 Å². The van der Waals surface area contributed by atoms with Crippen molar-refractivity contribution >= 4 is 115 Å². The summed E-state index contributed by atoms with van der Waals surface area (Å²) in [7, 11) is 0. The monoisotopic (exact) mass is 826 g/mol. The summed E-state index contributed by atoms with van der Waals surface area (Å²) in [5.74, 6) is 0. The van der Waals surface area contributed by atoms with E-state index in [9.17, 15) is 0 Å². The summed E-state index contributed by atoms with van der Waals surface area (Å²) in [6.07, 6.45) is 0. The lowest BCUT2D eigenvalue weighted by Crippen LogP contribution is -2.10. The SMILES string of the molecule is c1ccc2cc(-n3c4ccc(N(c5ccc(-c6cc7ccccc7c7ccccc67)cc5)c5cccc6oc7cc8ccccc8cc7c56)cc4c4c5ccccc5ccc43)ccc2c1. The van der Waals surface area contributed by atoms with Gasteiger partial charge in [0.25, 0.3) is 0 Å². The quantitative estimate of drug-likeness (QED) is 0.161. The van der Waals surface area contributed by atoms with E-state index in [2.05, 4.69) is 240 Å². The Hall–Kier alpha value is -8.66. The molecule has 12 aromatic carbocycles. The van der Waals surface area contributed by atoms with Crippen molar-refractivity contribution in [1.29, 1.82) is 0 Å². The van der Waals surface area contributed by atoms with Crippen LogP contribution in [-0.2, 0) is 0 Å². The zero-order valence-electron chi connectivity index (χ0n) is 35.2. The molecular formula is C62H38N2O. The van der Waals surface area contributed by atoms with Crippen molar-refractivity contribution in [1.82, 2.24) is 4.57 Å². The highest BCUT2D eigenvalue weighted by atomic mass is 16.3. The van der Waals surface area contributed by atoms with Crippen LogP contribution in [-0.4, -0.2) is 4.57 Å². The molecule has 0 spiro atoms. The molecule has 0 radical (unpaired) electrons. The molecule has 0 aliphatic heterocycles. The summed E-state index contributed by atoms with van der Waals surface area (Å²) < 4.78 is 9.15. The summed E-state index contributed by atoms with van der Waals surface area (Å²) in [5, 5.41) is 16.9. The number of nitrogens with zero attached hydrogens (tertiary/aromatic N) is 2. The summed E-state index contributed by atoms with van der Waals surface area (Å²) in [6.45, 7) is 0. The molecule has 0 saturated heterocycles. The van der Waals surface area contributed by atoms with Gasteiger partial charge in [0, 0.05) is 33.2 Å². The second-order valence-electron chi connectivity index (χ2n) is 17.3. The normalized spacial score (nSPS) is 12.0. The van der Waals surface area contributed by atoms with Gasteiger partial charge < -0.3 is 13.9 Å². The summed E-state index contributed by atoms with van der Waals surface area (Å²) in [4.78, 5) is 2.43. The van der Waals surface area contributed by atoms with E-state index in [1.807, 2.05) is 0 Å². The molecule has 0 fully saturated rings. The fraction of sp³-hybridized carbons (Fsp3) is 0. The molecule has 0 bridgehead atoms. The maximum absolute atomic E-state index is 6.71. The van der Waals surface area contributed by atoms with E-state index in [1.165, 1.54) is 75.9 Å². The molecule has 0 aliphatic carbocycles. The number of hydrogen-bond donors (Lipinski definition) is 0. The van der Waals surface area contributed by atoms with Crippen molar-refractivity contribution in [3.8, 4) is 16.8 Å². The highest BCUT2D eigenvalue weighted by molar-refractivity contribution is 6.23. The largest absolute Gasteiger partial charge is 0.456 e. The minimum Gasteiger partial charge on any atom is -0.456 e. The molecule has 302 valence electrons. The first-order valence-corrected chi connectivity index (χ1v) is 22.3. The van der Waals surface area contributed by atoms with Gasteiger partial charge in [0.15, 0.2) is 0 Å². The lowest BCUT2D eigenvalue weighted by atomic mass is 9.93. The van der Waals surface area contributed by atoms with Gasteiger partial charge in [-0.15, -0.1) is 0 Å². The van der Waals surface area contributed by atoms with Gasteiger partial charge in [-0.25, -0.2) is 0 Å². The highest BCUT2D eigenvalue weighted by Gasteiger charge is 2.23. The Bertz CT molecular complexity index is 4250. The second-order valence-corrected chi connectivity index (χ2v) is 17.3. The van der Waals surface area contributed by atoms with E-state index < -0.39 is 0 Å². The van der Waals surface area contributed by atoms with Crippen LogP contribution in [0.25, 0.3) is 114 Å². The first kappa shape index (κ1) is 35.9. The molecule has 2 aromatic heterocycles. The van der Waals surface area contributed by atoms with Gasteiger partial charge in [-0.1, -0.05) is 152 Å². The molecule has 14 rings (SSSR count). The number of furan rings is 1. The molecule has 2 heterocycles. The number of anilines is 3. The lowest BCUT2D eigenvalue weighted by molar-refractivity contribution is 0.669. The van der Waals surface area contributed by atoms with Crippen LogP contribution in [0.15, 0.2) is 235 Å². The summed E-state index contributed by atoms with van der Waals surface area (Å²) >= 11 is 0. The van der Waals surface area contributed by atoms with Crippen LogP contribution >= 0.6 is 0 Å². The van der Waals surface area contributed by atoms with Gasteiger partial charge in [0.1, 0.15) is 11.2 Å². The second kappa shape index (κ2) is 13.9. The molecular weight excluding hydrogens is 789 g/mol. The number of aromatic nitrogens is 1. The molecule has 0 saturated carbocycles. The van der Waals surface area contributed by atoms with E-state index in [0.29, 0.717) is 0 Å². The smallest absolute Gasteiger partial charge is 0.137 e. The Labute approximate surface area is 374 Å². The maximum atomic E-state index is 6.71. The molecule has 0 atom stereocenters. The zero-order chi connectivity index (χ0) is 42.6. The third-order valence-electron chi connectivity index (χ3n) is 13.7. The predicted molar refractivity (Wildman–Crippen MR) is 276 cm³/mol. The Morgan fingerprint density at radius 1 is 0.323 bits per heavy atom. The minimum absolute atomic E-state index is 0.858. The first-order chi connectivity index (χ1) is 32.2. The first-order valence-electron chi connectivity index (χ1n) is 22.3. The van der Waals surface area contributed by atoms with E-state index in [-0.39, 0.29) is 0 Å². The van der Waals surface area contributed by atoms with E-state index in [1.54, 1.807) is 0 Å². The molecule has 0 amide bonds. The molecule has 14 aromatic rings. The standard InChI is InChI=1S/C62H38N2O/c1-2-14-42-34-47(30-24-39(42)12-1)64-56-33-31-48(38-54(56)61-50-19-8-5-13-40(50)27-32-58(61)64)63(57-22-11-23-59-62(57)55-35-43-15-3-4-16-44(43)37-60(55)65-59)46-28-25-41(26-29-46)53-36-45-17-6-7-18-49(45)51-20-9-10-21-52(51)53/h1-38H. The van der Waals surface area contributed by atoms with Gasteiger partial charge >= 0.3 is 0 Å². The fourth-order valence-electron chi connectivity index (χ4n) is 10.7. The molecule has 0 N–H and O–H groups in total. The number of hydrogen-bond acceptors (Lipinski definition) is 2. The average Bonchev–Trinajstić information content (AvgIpc) is 3.91. The molecule has 0 unspecified atom stereocenters. The fourth-order valence-corrected chi connectivity index (χ4v) is 10.7. The maximum Gasteiger partial charge on any atom is 0.137 e. The van der Waals surface area contributed by atoms with Crippen LogP contribution in [0.1, 0.15) is 0 Å². The van der Waals surface area contributed by atoms with Gasteiger partial charge in [-0.2, -0.15) is 0 Å². The van der Waals surface area contributed by atoms with Crippen LogP contribution in [0.2, 0.25) is 0 Å². The Morgan fingerprint density at radius 2 is 0.954 bits per heavy atom. The van der Waals surface area contributed by atoms with Gasteiger partial charge in [-0.05, 0) is 144 Å². The van der Waals surface area contributed by atoms with Crippen molar-refractivity contribution in [2.45, 2.75) is 0 Å². The van der Waals surface area contributed by atoms with Crippen molar-refractivity contribution in [3.05, 3.63) is 231 Å². The van der Waals surface area contributed by atoms with Crippen molar-refractivity contribution < 1.29 is 4.42 Å². The number of rotatable bonds is 5. The summed E-state index contributed by atoms with van der Waals surface area (Å²) in [5.41, 5.74) is 10.8. The van der Waals surface area contributed by atoms with Crippen LogP contribution in [0.3, 0.4) is 0 Å². The third kappa shape index (κ3) is 5.49. The van der Waals surface area contributed by atoms with Crippen molar-refractivity contribution in [2.24, 2.45) is 0 Å². The van der Waals surface area contributed by atoms with Gasteiger partial charge in [-0.3, -0.25) is 0 Å². The van der Waals surface area contributed by atoms with E-state index in [4.69, 9.17) is 4.42 Å². The summed E-state index contributed by atoms with van der Waals surface area (Å²) in [6, 6.07) is 84.2. The molecule has 3 heteroatoms. The molecule has 3 nitrogen and oxygen atoms in total.